The minimum absolute atomic E-state index is 0.0246. The van der Waals surface area contributed by atoms with Crippen molar-refractivity contribution in [3.05, 3.63) is 35.9 Å². The molecular formula is C27H45N5O8. The molecule has 13 nitrogen and oxygen atoms in total. The van der Waals surface area contributed by atoms with Crippen molar-refractivity contribution < 1.29 is 39.6 Å². The number of aliphatic hydroxyl groups is 3. The lowest BCUT2D eigenvalue weighted by molar-refractivity contribution is -0.139. The summed E-state index contributed by atoms with van der Waals surface area (Å²) in [5, 5.41) is 47.5. The van der Waals surface area contributed by atoms with Crippen molar-refractivity contribution in [3.63, 3.8) is 0 Å². The van der Waals surface area contributed by atoms with E-state index in [0.29, 0.717) is 31.4 Å². The predicted molar refractivity (Wildman–Crippen MR) is 147 cm³/mol. The Balaban J connectivity index is 2.81. The maximum atomic E-state index is 13.0. The van der Waals surface area contributed by atoms with Crippen LogP contribution in [0.15, 0.2) is 30.3 Å². The maximum Gasteiger partial charge on any atom is 0.305 e. The first kappa shape index (κ1) is 34.9. The summed E-state index contributed by atoms with van der Waals surface area (Å²) >= 11 is 0. The molecular weight excluding hydrogens is 522 g/mol. The van der Waals surface area contributed by atoms with E-state index in [4.69, 9.17) is 11.5 Å². The standard InChI is InChI=1S/C27H45N5O8/c1-16(2)12-21(32-25(38)19(29)10-6-7-11-28)26(39)30-18(15-33)13-22(34)24(37)27(40)31-20(14-23(35)36)17-8-4-3-5-9-17/h3-5,8-9,16,18-22,24,33-34,37H,6-7,10-15,28-29H2,1-2H3,(H,30,39)(H,31,40)(H,32,38)(H,35,36)/t18-,19+,20+,21+,22-,24+/m1/s1. The number of carbonyl (C=O) groups excluding carboxylic acids is 3. The molecule has 0 aliphatic carbocycles. The van der Waals surface area contributed by atoms with E-state index in [1.165, 1.54) is 0 Å². The van der Waals surface area contributed by atoms with Gasteiger partial charge in [-0.2, -0.15) is 0 Å². The van der Waals surface area contributed by atoms with Crippen molar-refractivity contribution in [2.75, 3.05) is 13.2 Å². The van der Waals surface area contributed by atoms with Crippen LogP contribution in [0.2, 0.25) is 0 Å². The van der Waals surface area contributed by atoms with E-state index >= 15 is 0 Å². The topological polar surface area (TPSA) is 237 Å². The van der Waals surface area contributed by atoms with Gasteiger partial charge in [0.1, 0.15) is 6.04 Å². The predicted octanol–water partition coefficient (Wildman–Crippen LogP) is -1.11. The average Bonchev–Trinajstić information content (AvgIpc) is 2.91. The fraction of sp³-hybridized carbons (Fsp3) is 0.630. The summed E-state index contributed by atoms with van der Waals surface area (Å²) in [6.07, 6.45) is -2.45. The highest BCUT2D eigenvalue weighted by Crippen LogP contribution is 2.17. The molecule has 0 aromatic heterocycles. The van der Waals surface area contributed by atoms with Gasteiger partial charge in [0.05, 0.1) is 37.3 Å². The highest BCUT2D eigenvalue weighted by molar-refractivity contribution is 5.89. The molecule has 13 heteroatoms. The number of carbonyl (C=O) groups is 4. The molecule has 1 rings (SSSR count). The van der Waals surface area contributed by atoms with Crippen LogP contribution in [0.4, 0.5) is 0 Å². The Labute approximate surface area is 234 Å². The molecule has 0 saturated heterocycles. The first-order chi connectivity index (χ1) is 18.9. The summed E-state index contributed by atoms with van der Waals surface area (Å²) in [6, 6.07) is 4.50. The summed E-state index contributed by atoms with van der Waals surface area (Å²) in [5.74, 6) is -3.28. The zero-order valence-electron chi connectivity index (χ0n) is 23.2. The van der Waals surface area contributed by atoms with E-state index in [1.807, 2.05) is 13.8 Å². The summed E-state index contributed by atoms with van der Waals surface area (Å²) < 4.78 is 0. The van der Waals surface area contributed by atoms with Gasteiger partial charge in [0, 0.05) is 0 Å². The number of nitrogens with two attached hydrogens (primary N) is 2. The van der Waals surface area contributed by atoms with Crippen LogP contribution in [0.25, 0.3) is 0 Å². The second-order valence-electron chi connectivity index (χ2n) is 10.3. The highest BCUT2D eigenvalue weighted by Gasteiger charge is 2.31. The van der Waals surface area contributed by atoms with Gasteiger partial charge in [-0.05, 0) is 43.7 Å². The minimum Gasteiger partial charge on any atom is -0.481 e. The van der Waals surface area contributed by atoms with Gasteiger partial charge in [-0.25, -0.2) is 0 Å². The molecule has 11 N–H and O–H groups in total. The molecule has 1 aromatic rings. The molecule has 0 aliphatic rings. The van der Waals surface area contributed by atoms with Crippen LogP contribution in [0.3, 0.4) is 0 Å². The largest absolute Gasteiger partial charge is 0.481 e. The van der Waals surface area contributed by atoms with Gasteiger partial charge in [-0.1, -0.05) is 50.6 Å². The minimum atomic E-state index is -1.97. The lowest BCUT2D eigenvalue weighted by Gasteiger charge is -2.27. The van der Waals surface area contributed by atoms with Crippen LogP contribution < -0.4 is 27.4 Å². The Morgan fingerprint density at radius 3 is 2.10 bits per heavy atom. The lowest BCUT2D eigenvalue weighted by atomic mass is 9.99. The molecule has 0 unspecified atom stereocenters. The number of hydrogen-bond acceptors (Lipinski definition) is 9. The molecule has 0 saturated carbocycles. The molecule has 0 heterocycles. The molecule has 6 atom stereocenters. The third-order valence-corrected chi connectivity index (χ3v) is 6.27. The Morgan fingerprint density at radius 1 is 0.900 bits per heavy atom. The zero-order valence-corrected chi connectivity index (χ0v) is 23.2. The van der Waals surface area contributed by atoms with Crippen molar-refractivity contribution in [3.8, 4) is 0 Å². The Morgan fingerprint density at radius 2 is 1.55 bits per heavy atom. The number of hydrogen-bond donors (Lipinski definition) is 9. The Hall–Kier alpha value is -3.10. The third kappa shape index (κ3) is 12.8. The number of rotatable bonds is 19. The lowest BCUT2D eigenvalue weighted by Crippen LogP contribution is -2.55. The number of carboxylic acid groups (broad SMARTS) is 1. The van der Waals surface area contributed by atoms with Gasteiger partial charge in [0.25, 0.3) is 5.91 Å². The second-order valence-corrected chi connectivity index (χ2v) is 10.3. The van der Waals surface area contributed by atoms with Crippen LogP contribution in [-0.2, 0) is 19.2 Å². The Kier molecular flexibility index (Phi) is 16.0. The number of aliphatic hydroxyl groups excluding tert-OH is 3. The maximum absolute atomic E-state index is 13.0. The zero-order chi connectivity index (χ0) is 30.2. The number of unbranched alkanes of at least 4 members (excludes halogenated alkanes) is 1. The summed E-state index contributed by atoms with van der Waals surface area (Å²) in [4.78, 5) is 49.4. The molecule has 1 aromatic carbocycles. The van der Waals surface area contributed by atoms with Gasteiger partial charge in [0.15, 0.2) is 6.10 Å². The molecule has 0 aliphatic heterocycles. The first-order valence-corrected chi connectivity index (χ1v) is 13.5. The first-order valence-electron chi connectivity index (χ1n) is 13.5. The average molecular weight is 568 g/mol. The van der Waals surface area contributed by atoms with E-state index in [1.54, 1.807) is 30.3 Å². The van der Waals surface area contributed by atoms with Crippen molar-refractivity contribution in [1.82, 2.24) is 16.0 Å². The second kappa shape index (κ2) is 18.3. The van der Waals surface area contributed by atoms with Crippen molar-refractivity contribution in [2.45, 2.75) is 88.7 Å². The van der Waals surface area contributed by atoms with Gasteiger partial charge in [0.2, 0.25) is 11.8 Å². The SMILES string of the molecule is CC(C)C[C@H](NC(=O)[C@@H](N)CCCCN)C(=O)N[C@@H](CO)C[C@@H](O)[C@H](O)C(=O)N[C@@H](CC(=O)O)c1ccccc1. The van der Waals surface area contributed by atoms with E-state index in [-0.39, 0.29) is 12.3 Å². The van der Waals surface area contributed by atoms with Crippen LogP contribution in [0.5, 0.6) is 0 Å². The number of aliphatic carboxylic acids is 1. The molecule has 0 bridgehead atoms. The monoisotopic (exact) mass is 567 g/mol. The van der Waals surface area contributed by atoms with Crippen LogP contribution >= 0.6 is 0 Å². The summed E-state index contributed by atoms with van der Waals surface area (Å²) in [6.45, 7) is 3.59. The van der Waals surface area contributed by atoms with E-state index in [0.717, 1.165) is 0 Å². The van der Waals surface area contributed by atoms with E-state index in [2.05, 4.69) is 16.0 Å². The molecule has 0 radical (unpaired) electrons. The highest BCUT2D eigenvalue weighted by atomic mass is 16.4. The van der Waals surface area contributed by atoms with Crippen molar-refractivity contribution in [1.29, 1.82) is 0 Å². The van der Waals surface area contributed by atoms with Crippen LogP contribution in [0, 0.1) is 5.92 Å². The third-order valence-electron chi connectivity index (χ3n) is 6.27. The van der Waals surface area contributed by atoms with Crippen LogP contribution in [-0.4, -0.2) is 87.6 Å². The molecule has 0 spiro atoms. The summed E-state index contributed by atoms with van der Waals surface area (Å²) in [7, 11) is 0. The van der Waals surface area contributed by atoms with Crippen molar-refractivity contribution in [2.24, 2.45) is 17.4 Å². The van der Waals surface area contributed by atoms with E-state index < -0.39 is 79.5 Å². The van der Waals surface area contributed by atoms with Gasteiger partial charge in [-0.3, -0.25) is 19.2 Å². The molecule has 226 valence electrons. The number of benzene rings is 1. The quantitative estimate of drug-likeness (QED) is 0.0914. The van der Waals surface area contributed by atoms with Crippen molar-refractivity contribution >= 4 is 23.7 Å². The Bertz CT molecular complexity index is 933. The fourth-order valence-corrected chi connectivity index (χ4v) is 4.07. The number of carboxylic acids is 1. The molecule has 40 heavy (non-hydrogen) atoms. The molecule has 3 amide bonds. The fourth-order valence-electron chi connectivity index (χ4n) is 4.07. The number of amides is 3. The summed E-state index contributed by atoms with van der Waals surface area (Å²) in [5.41, 5.74) is 11.9. The molecule has 0 fully saturated rings. The van der Waals surface area contributed by atoms with Crippen LogP contribution in [0.1, 0.15) is 64.0 Å². The number of nitrogens with one attached hydrogen (secondary N) is 3. The van der Waals surface area contributed by atoms with Gasteiger partial charge >= 0.3 is 5.97 Å². The normalized spacial score (nSPS) is 15.8. The smallest absolute Gasteiger partial charge is 0.305 e. The van der Waals surface area contributed by atoms with E-state index in [9.17, 15) is 39.6 Å². The van der Waals surface area contributed by atoms with Gasteiger partial charge < -0.3 is 47.8 Å². The van der Waals surface area contributed by atoms with Gasteiger partial charge in [-0.15, -0.1) is 0 Å².